The summed E-state index contributed by atoms with van der Waals surface area (Å²) >= 11 is 0. The molecule has 2 aromatic rings. The average molecular weight is 343 g/mol. The number of benzene rings is 1. The lowest BCUT2D eigenvalue weighted by molar-refractivity contribution is 0.0861. The maximum Gasteiger partial charge on any atom is 0.322 e. The van der Waals surface area contributed by atoms with Crippen molar-refractivity contribution in [2.45, 2.75) is 31.8 Å². The molecule has 2 amide bonds. The Balaban J connectivity index is 1.49. The highest BCUT2D eigenvalue weighted by Gasteiger charge is 2.36. The number of nitrogens with one attached hydrogen (secondary N) is 1. The summed E-state index contributed by atoms with van der Waals surface area (Å²) in [4.78, 5) is 23.5. The van der Waals surface area contributed by atoms with Gasteiger partial charge in [-0.05, 0) is 38.4 Å². The fourth-order valence-corrected chi connectivity index (χ4v) is 3.85. The molecule has 2 aliphatic rings. The lowest BCUT2D eigenvalue weighted by Crippen LogP contribution is -2.57. The zero-order chi connectivity index (χ0) is 17.6. The third-order valence-electron chi connectivity index (χ3n) is 5.21. The summed E-state index contributed by atoms with van der Waals surface area (Å²) in [7, 11) is 3.77. The van der Waals surface area contributed by atoms with Gasteiger partial charge in [0.15, 0.2) is 5.58 Å². The van der Waals surface area contributed by atoms with Crippen LogP contribution in [0.4, 0.5) is 16.5 Å². The van der Waals surface area contributed by atoms with Crippen LogP contribution in [0.3, 0.4) is 0 Å². The quantitative estimate of drug-likeness (QED) is 0.908. The summed E-state index contributed by atoms with van der Waals surface area (Å²) < 4.78 is 5.72. The first kappa shape index (κ1) is 16.2. The number of carbonyl (C=O) groups excluding carboxylic acids is 1. The van der Waals surface area contributed by atoms with Gasteiger partial charge in [0.25, 0.3) is 6.01 Å². The first-order chi connectivity index (χ1) is 12.0. The first-order valence-electron chi connectivity index (χ1n) is 8.91. The predicted molar refractivity (Wildman–Crippen MR) is 98.1 cm³/mol. The Hall–Kier alpha value is -2.28. The van der Waals surface area contributed by atoms with Crippen LogP contribution in [0.15, 0.2) is 22.6 Å². The van der Waals surface area contributed by atoms with Crippen molar-refractivity contribution in [3.8, 4) is 0 Å². The van der Waals surface area contributed by atoms with Crippen LogP contribution >= 0.6 is 0 Å². The molecular weight excluding hydrogens is 318 g/mol. The highest BCUT2D eigenvalue weighted by molar-refractivity contribution is 5.92. The van der Waals surface area contributed by atoms with E-state index in [-0.39, 0.29) is 12.1 Å². The minimum absolute atomic E-state index is 0.0363. The van der Waals surface area contributed by atoms with Gasteiger partial charge in [-0.15, -0.1) is 0 Å². The molecule has 1 aromatic carbocycles. The minimum atomic E-state index is -0.0363. The molecule has 0 radical (unpaired) electrons. The van der Waals surface area contributed by atoms with Gasteiger partial charge in [0.05, 0.1) is 0 Å². The largest absolute Gasteiger partial charge is 0.423 e. The van der Waals surface area contributed by atoms with Gasteiger partial charge in [-0.25, -0.2) is 4.79 Å². The Labute approximate surface area is 147 Å². The molecule has 4 rings (SSSR count). The zero-order valence-corrected chi connectivity index (χ0v) is 15.0. The van der Waals surface area contributed by atoms with Crippen LogP contribution in [0.25, 0.3) is 11.1 Å². The van der Waals surface area contributed by atoms with Crippen LogP contribution < -0.4 is 10.2 Å². The number of piperazine rings is 1. The van der Waals surface area contributed by atoms with E-state index in [9.17, 15) is 4.79 Å². The van der Waals surface area contributed by atoms with E-state index < -0.39 is 0 Å². The normalized spacial score (nSPS) is 23.7. The molecule has 3 heterocycles. The Bertz CT molecular complexity index is 787. The molecule has 0 saturated carbocycles. The summed E-state index contributed by atoms with van der Waals surface area (Å²) in [6.07, 6.45) is 2.43. The van der Waals surface area contributed by atoms with Gasteiger partial charge in [-0.2, -0.15) is 4.98 Å². The Morgan fingerprint density at radius 1 is 1.36 bits per heavy atom. The maximum atomic E-state index is 12.8. The van der Waals surface area contributed by atoms with Crippen LogP contribution in [0.5, 0.6) is 0 Å². The topological polar surface area (TPSA) is 64.8 Å². The number of urea groups is 1. The van der Waals surface area contributed by atoms with E-state index in [4.69, 9.17) is 4.42 Å². The van der Waals surface area contributed by atoms with Crippen molar-refractivity contribution in [3.05, 3.63) is 18.2 Å². The minimum Gasteiger partial charge on any atom is -0.423 e. The maximum absolute atomic E-state index is 12.8. The van der Waals surface area contributed by atoms with Crippen molar-refractivity contribution in [3.63, 3.8) is 0 Å². The van der Waals surface area contributed by atoms with Crippen LogP contribution in [-0.4, -0.2) is 66.6 Å². The zero-order valence-electron chi connectivity index (χ0n) is 15.0. The summed E-state index contributed by atoms with van der Waals surface area (Å²) in [6.45, 7) is 5.06. The summed E-state index contributed by atoms with van der Waals surface area (Å²) in [5, 5.41) is 3.02. The number of hydrogen-bond donors (Lipinski definition) is 1. The first-order valence-corrected chi connectivity index (χ1v) is 8.91. The van der Waals surface area contributed by atoms with E-state index in [2.05, 4.69) is 22.1 Å². The van der Waals surface area contributed by atoms with Crippen molar-refractivity contribution in [1.82, 2.24) is 14.8 Å². The Kier molecular flexibility index (Phi) is 4.03. The number of oxazole rings is 1. The molecular formula is C18H25N5O2. The van der Waals surface area contributed by atoms with Crippen LogP contribution in [-0.2, 0) is 0 Å². The molecule has 7 nitrogen and oxygen atoms in total. The standard InChI is InChI=1S/C18H25N5O2/c1-12-10-22-8-4-5-14(22)11-23(12)17(24)19-13-6-7-15-16(9-13)25-18(20-15)21(2)3/h6-7,9,12,14H,4-5,8,10-11H2,1-3H3,(H,19,24)/t12-,14-/m0/s1. The third kappa shape index (κ3) is 3.04. The second-order valence-corrected chi connectivity index (χ2v) is 7.30. The van der Waals surface area contributed by atoms with E-state index in [0.717, 1.165) is 24.3 Å². The molecule has 25 heavy (non-hydrogen) atoms. The Morgan fingerprint density at radius 3 is 3.00 bits per heavy atom. The van der Waals surface area contributed by atoms with Gasteiger partial charge in [-0.1, -0.05) is 0 Å². The van der Waals surface area contributed by atoms with Crippen LogP contribution in [0.1, 0.15) is 19.8 Å². The third-order valence-corrected chi connectivity index (χ3v) is 5.21. The fraction of sp³-hybridized carbons (Fsp3) is 0.556. The van der Waals surface area contributed by atoms with Crippen LogP contribution in [0, 0.1) is 0 Å². The van der Waals surface area contributed by atoms with Crippen molar-refractivity contribution in [1.29, 1.82) is 0 Å². The molecule has 2 saturated heterocycles. The second-order valence-electron chi connectivity index (χ2n) is 7.30. The molecule has 134 valence electrons. The van der Waals surface area contributed by atoms with E-state index in [1.165, 1.54) is 19.4 Å². The van der Waals surface area contributed by atoms with Gasteiger partial charge >= 0.3 is 6.03 Å². The summed E-state index contributed by atoms with van der Waals surface area (Å²) in [5.41, 5.74) is 2.20. The van der Waals surface area contributed by atoms with Gasteiger partial charge < -0.3 is 19.5 Å². The van der Waals surface area contributed by atoms with Crippen LogP contribution in [0.2, 0.25) is 0 Å². The number of hydrogen-bond acceptors (Lipinski definition) is 5. The number of aromatic nitrogens is 1. The van der Waals surface area contributed by atoms with Crippen molar-refractivity contribution in [2.24, 2.45) is 0 Å². The highest BCUT2D eigenvalue weighted by atomic mass is 16.4. The van der Waals surface area contributed by atoms with Crippen molar-refractivity contribution >= 4 is 28.8 Å². The van der Waals surface area contributed by atoms with Gasteiger partial charge in [0.1, 0.15) is 5.52 Å². The molecule has 2 aliphatic heterocycles. The molecule has 1 aromatic heterocycles. The molecule has 1 N–H and O–H groups in total. The molecule has 0 bridgehead atoms. The number of nitrogens with zero attached hydrogens (tertiary/aromatic N) is 4. The van der Waals surface area contributed by atoms with E-state index in [1.54, 1.807) is 0 Å². The van der Waals surface area contributed by atoms with E-state index in [1.807, 2.05) is 42.1 Å². The van der Waals surface area contributed by atoms with Gasteiger partial charge in [0, 0.05) is 51.0 Å². The van der Waals surface area contributed by atoms with Gasteiger partial charge in [0.2, 0.25) is 0 Å². The lowest BCUT2D eigenvalue weighted by atomic mass is 10.1. The number of carbonyl (C=O) groups is 1. The summed E-state index contributed by atoms with van der Waals surface area (Å²) in [5.74, 6) is 0. The average Bonchev–Trinajstić information content (AvgIpc) is 3.19. The summed E-state index contributed by atoms with van der Waals surface area (Å²) in [6, 6.07) is 6.85. The number of rotatable bonds is 2. The monoisotopic (exact) mass is 343 g/mol. The number of fused-ring (bicyclic) bond motifs is 2. The molecule has 7 heteroatoms. The smallest absolute Gasteiger partial charge is 0.322 e. The highest BCUT2D eigenvalue weighted by Crippen LogP contribution is 2.26. The van der Waals surface area contributed by atoms with Gasteiger partial charge in [-0.3, -0.25) is 4.90 Å². The predicted octanol–water partition coefficient (Wildman–Crippen LogP) is 2.59. The number of amides is 2. The Morgan fingerprint density at radius 2 is 2.20 bits per heavy atom. The molecule has 0 unspecified atom stereocenters. The molecule has 2 atom stereocenters. The van der Waals surface area contributed by atoms with E-state index >= 15 is 0 Å². The molecule has 0 aliphatic carbocycles. The fourth-order valence-electron chi connectivity index (χ4n) is 3.85. The molecule has 2 fully saturated rings. The van der Waals surface area contributed by atoms with Crippen molar-refractivity contribution < 1.29 is 9.21 Å². The molecule has 0 spiro atoms. The number of anilines is 2. The van der Waals surface area contributed by atoms with E-state index in [0.29, 0.717) is 17.6 Å². The lowest BCUT2D eigenvalue weighted by Gasteiger charge is -2.42. The second kappa shape index (κ2) is 6.22. The SMILES string of the molecule is C[C@H]1CN2CCC[C@H]2CN1C(=O)Nc1ccc2nc(N(C)C)oc2c1. The van der Waals surface area contributed by atoms with Crippen molar-refractivity contribution in [2.75, 3.05) is 43.9 Å².